The summed E-state index contributed by atoms with van der Waals surface area (Å²) in [4.78, 5) is 11.1. The van der Waals surface area contributed by atoms with Gasteiger partial charge >= 0.3 is 5.97 Å². The zero-order valence-electron chi connectivity index (χ0n) is 12.1. The molecule has 7 nitrogen and oxygen atoms in total. The summed E-state index contributed by atoms with van der Waals surface area (Å²) in [6.45, 7) is 2.16. The molecule has 1 aromatic rings. The number of nitrogens with zero attached hydrogens (tertiary/aromatic N) is 1. The molecule has 0 amide bonds. The van der Waals surface area contributed by atoms with Gasteiger partial charge in [0, 0.05) is 25.9 Å². The molecule has 2 rings (SSSR count). The largest absolute Gasteiger partial charge is 0.477 e. The van der Waals surface area contributed by atoms with Crippen LogP contribution in [0.1, 0.15) is 36.7 Å². The lowest BCUT2D eigenvalue weighted by Crippen LogP contribution is -2.33. The maximum Gasteiger partial charge on any atom is 0.352 e. The molecule has 1 aromatic heterocycles. The van der Waals surface area contributed by atoms with E-state index in [2.05, 4.69) is 4.72 Å². The van der Waals surface area contributed by atoms with Crippen molar-refractivity contribution in [3.8, 4) is 0 Å². The first-order valence-corrected chi connectivity index (χ1v) is 8.34. The Hall–Kier alpha value is -1.38. The standard InChI is InChI=1S/C13H20N2O5S/c1-3-15-8-11(7-12(15)13(16)17)21(18,19)14-9-4-5-10(6-9)20-2/h7-10,14H,3-6H2,1-2H3,(H,16,17). The van der Waals surface area contributed by atoms with Crippen LogP contribution in [0.2, 0.25) is 0 Å². The number of methoxy groups -OCH3 is 1. The minimum absolute atomic E-state index is 0.0115. The summed E-state index contributed by atoms with van der Waals surface area (Å²) >= 11 is 0. The number of nitrogens with one attached hydrogen (secondary N) is 1. The Morgan fingerprint density at radius 3 is 2.71 bits per heavy atom. The third kappa shape index (κ3) is 3.45. The van der Waals surface area contributed by atoms with E-state index in [0.29, 0.717) is 13.0 Å². The third-order valence-electron chi connectivity index (χ3n) is 3.78. The van der Waals surface area contributed by atoms with E-state index < -0.39 is 16.0 Å². The fraction of sp³-hybridized carbons (Fsp3) is 0.615. The van der Waals surface area contributed by atoms with Crippen molar-refractivity contribution < 1.29 is 23.1 Å². The number of carboxylic acids is 1. The predicted octanol–water partition coefficient (Wildman–Crippen LogP) is 1.05. The normalized spacial score (nSPS) is 22.6. The highest BCUT2D eigenvalue weighted by molar-refractivity contribution is 7.89. The maximum atomic E-state index is 12.3. The number of ether oxygens (including phenoxy) is 1. The summed E-state index contributed by atoms with van der Waals surface area (Å²) in [7, 11) is -2.10. The van der Waals surface area contributed by atoms with Crippen molar-refractivity contribution in [1.82, 2.24) is 9.29 Å². The number of hydrogen-bond acceptors (Lipinski definition) is 4. The quantitative estimate of drug-likeness (QED) is 0.817. The van der Waals surface area contributed by atoms with Crippen molar-refractivity contribution >= 4 is 16.0 Å². The van der Waals surface area contributed by atoms with Crippen LogP contribution in [-0.4, -0.2) is 43.3 Å². The van der Waals surface area contributed by atoms with Gasteiger partial charge in [0.15, 0.2) is 0 Å². The lowest BCUT2D eigenvalue weighted by molar-refractivity contribution is 0.0685. The molecule has 8 heteroatoms. The van der Waals surface area contributed by atoms with E-state index in [4.69, 9.17) is 9.84 Å². The van der Waals surface area contributed by atoms with Gasteiger partial charge < -0.3 is 14.4 Å². The fourth-order valence-electron chi connectivity index (χ4n) is 2.62. The van der Waals surface area contributed by atoms with Crippen molar-refractivity contribution in [2.45, 2.75) is 49.8 Å². The minimum Gasteiger partial charge on any atom is -0.477 e. The van der Waals surface area contributed by atoms with Crippen molar-refractivity contribution in [2.75, 3.05) is 7.11 Å². The summed E-state index contributed by atoms with van der Waals surface area (Å²) in [6, 6.07) is 1.02. The second-order valence-electron chi connectivity index (χ2n) is 5.14. The number of sulfonamides is 1. The van der Waals surface area contributed by atoms with Gasteiger partial charge in [-0.2, -0.15) is 0 Å². The molecule has 2 unspecified atom stereocenters. The number of carboxylic acid groups (broad SMARTS) is 1. The Labute approximate surface area is 124 Å². The molecule has 1 aliphatic carbocycles. The van der Waals surface area contributed by atoms with Gasteiger partial charge in [0.05, 0.1) is 6.10 Å². The van der Waals surface area contributed by atoms with Crippen LogP contribution in [-0.2, 0) is 21.3 Å². The highest BCUT2D eigenvalue weighted by atomic mass is 32.2. The van der Waals surface area contributed by atoms with Crippen LogP contribution < -0.4 is 4.72 Å². The first kappa shape index (κ1) is 16.0. The molecule has 1 heterocycles. The van der Waals surface area contributed by atoms with Crippen LogP contribution >= 0.6 is 0 Å². The van der Waals surface area contributed by atoms with Crippen LogP contribution in [0.3, 0.4) is 0 Å². The van der Waals surface area contributed by atoms with Gasteiger partial charge in [-0.05, 0) is 32.3 Å². The Morgan fingerprint density at radius 1 is 1.52 bits per heavy atom. The second-order valence-corrected chi connectivity index (χ2v) is 6.86. The lowest BCUT2D eigenvalue weighted by atomic mass is 10.3. The van der Waals surface area contributed by atoms with E-state index in [1.807, 2.05) is 0 Å². The molecule has 1 saturated carbocycles. The summed E-state index contributed by atoms with van der Waals surface area (Å²) in [5.41, 5.74) is -0.0286. The summed E-state index contributed by atoms with van der Waals surface area (Å²) in [6.07, 6.45) is 3.61. The Kier molecular flexibility index (Phi) is 4.70. The number of aromatic carboxylic acids is 1. The van der Waals surface area contributed by atoms with Gasteiger partial charge in [0.2, 0.25) is 10.0 Å². The molecule has 21 heavy (non-hydrogen) atoms. The Balaban J connectivity index is 2.18. The number of aryl methyl sites for hydroxylation is 1. The second kappa shape index (κ2) is 6.17. The van der Waals surface area contributed by atoms with E-state index in [-0.39, 0.29) is 22.7 Å². The third-order valence-corrected chi connectivity index (χ3v) is 5.27. The molecular formula is C13H20N2O5S. The fourth-order valence-corrected chi connectivity index (χ4v) is 3.94. The summed E-state index contributed by atoms with van der Waals surface area (Å²) < 4.78 is 33.9. The molecule has 0 bridgehead atoms. The van der Waals surface area contributed by atoms with E-state index in [1.165, 1.54) is 16.8 Å². The van der Waals surface area contributed by atoms with Crippen molar-refractivity contribution in [2.24, 2.45) is 0 Å². The van der Waals surface area contributed by atoms with Crippen LogP contribution in [0.5, 0.6) is 0 Å². The van der Waals surface area contributed by atoms with E-state index >= 15 is 0 Å². The Bertz CT molecular complexity index is 623. The first-order chi connectivity index (χ1) is 9.87. The zero-order valence-corrected chi connectivity index (χ0v) is 12.9. The van der Waals surface area contributed by atoms with E-state index in [9.17, 15) is 13.2 Å². The van der Waals surface area contributed by atoms with Crippen LogP contribution in [0.4, 0.5) is 0 Å². The van der Waals surface area contributed by atoms with Crippen LogP contribution in [0.15, 0.2) is 17.2 Å². The van der Waals surface area contributed by atoms with Gasteiger partial charge in [-0.1, -0.05) is 0 Å². The molecule has 0 radical (unpaired) electrons. The molecule has 1 aliphatic rings. The highest BCUT2D eigenvalue weighted by Gasteiger charge is 2.29. The van der Waals surface area contributed by atoms with Gasteiger partial charge in [-0.3, -0.25) is 0 Å². The average Bonchev–Trinajstić information content (AvgIpc) is 3.04. The van der Waals surface area contributed by atoms with Crippen LogP contribution in [0.25, 0.3) is 0 Å². The molecular weight excluding hydrogens is 296 g/mol. The van der Waals surface area contributed by atoms with Crippen LogP contribution in [0, 0.1) is 0 Å². The number of aromatic nitrogens is 1. The topological polar surface area (TPSA) is 97.6 Å². The molecule has 0 aliphatic heterocycles. The highest BCUT2D eigenvalue weighted by Crippen LogP contribution is 2.24. The van der Waals surface area contributed by atoms with Gasteiger partial charge in [0.1, 0.15) is 10.6 Å². The molecule has 0 spiro atoms. The van der Waals surface area contributed by atoms with Crippen molar-refractivity contribution in [1.29, 1.82) is 0 Å². The molecule has 2 N–H and O–H groups in total. The lowest BCUT2D eigenvalue weighted by Gasteiger charge is -2.12. The minimum atomic E-state index is -3.71. The molecule has 0 saturated heterocycles. The smallest absolute Gasteiger partial charge is 0.352 e. The SMILES string of the molecule is CCn1cc(S(=O)(=O)NC2CCC(OC)C2)cc1C(=O)O. The Morgan fingerprint density at radius 2 is 2.24 bits per heavy atom. The molecule has 118 valence electrons. The van der Waals surface area contributed by atoms with Gasteiger partial charge in [-0.25, -0.2) is 17.9 Å². The van der Waals surface area contributed by atoms with Crippen molar-refractivity contribution in [3.63, 3.8) is 0 Å². The summed E-state index contributed by atoms with van der Waals surface area (Å²) in [5, 5.41) is 9.07. The van der Waals surface area contributed by atoms with Crippen molar-refractivity contribution in [3.05, 3.63) is 18.0 Å². The van der Waals surface area contributed by atoms with Gasteiger partial charge in [-0.15, -0.1) is 0 Å². The van der Waals surface area contributed by atoms with Gasteiger partial charge in [0.25, 0.3) is 0 Å². The van der Waals surface area contributed by atoms with E-state index in [1.54, 1.807) is 14.0 Å². The maximum absolute atomic E-state index is 12.3. The number of hydrogen-bond donors (Lipinski definition) is 2. The predicted molar refractivity (Wildman–Crippen MR) is 75.8 cm³/mol. The molecule has 2 atom stereocenters. The average molecular weight is 316 g/mol. The number of carbonyl (C=O) groups is 1. The summed E-state index contributed by atoms with van der Waals surface area (Å²) in [5.74, 6) is -1.14. The molecule has 1 fully saturated rings. The molecule has 0 aromatic carbocycles. The zero-order chi connectivity index (χ0) is 15.6. The van der Waals surface area contributed by atoms with E-state index in [0.717, 1.165) is 12.8 Å². The number of rotatable bonds is 6. The monoisotopic (exact) mass is 316 g/mol. The first-order valence-electron chi connectivity index (χ1n) is 6.86.